The molecular weight excluding hydrogens is 266 g/mol. The maximum atomic E-state index is 11.9. The predicted octanol–water partition coefficient (Wildman–Crippen LogP) is 1.96. The van der Waals surface area contributed by atoms with Gasteiger partial charge >= 0.3 is 0 Å². The minimum absolute atomic E-state index is 0.0596. The second-order valence-electron chi connectivity index (χ2n) is 5.58. The average Bonchev–Trinajstić information content (AvgIpc) is 2.75. The molecule has 2 N–H and O–H groups in total. The first-order valence-electron chi connectivity index (χ1n) is 7.24. The molecule has 1 unspecified atom stereocenters. The topological polar surface area (TPSA) is 70.6 Å². The number of hydrogen-bond donors (Lipinski definition) is 2. The summed E-state index contributed by atoms with van der Waals surface area (Å²) in [7, 11) is 0. The van der Waals surface area contributed by atoms with E-state index in [-0.39, 0.29) is 18.4 Å². The normalized spacial score (nSPS) is 17.1. The Morgan fingerprint density at radius 1 is 1.43 bits per heavy atom. The number of benzene rings is 1. The molecule has 112 valence electrons. The van der Waals surface area contributed by atoms with Crippen LogP contribution in [-0.2, 0) is 9.59 Å². The number of nitrogens with one attached hydrogen (secondary N) is 2. The van der Waals surface area contributed by atoms with E-state index in [1.165, 1.54) is 0 Å². The minimum atomic E-state index is -0.398. The summed E-state index contributed by atoms with van der Waals surface area (Å²) in [5.41, 5.74) is 1.73. The summed E-state index contributed by atoms with van der Waals surface area (Å²) in [5.74, 6) is -0.0455. The lowest BCUT2D eigenvalue weighted by Crippen LogP contribution is -2.27. The van der Waals surface area contributed by atoms with Crippen LogP contribution >= 0.6 is 0 Å². The molecule has 1 aromatic carbocycles. The standard InChI is InChI=1S/C16H21N3O2/c1-11(2)7-8-18-15(20)10-17-9-13-12-5-3-4-6-14(12)19-16(13)21/h3-6,9,11,13H,7-8,10H2,1-2H3,(H,18,20)(H,19,21). The molecule has 0 saturated carbocycles. The van der Waals surface area contributed by atoms with Crippen molar-refractivity contribution in [1.82, 2.24) is 5.32 Å². The molecule has 0 radical (unpaired) electrons. The van der Waals surface area contributed by atoms with E-state index in [0.29, 0.717) is 12.5 Å². The maximum Gasteiger partial charge on any atom is 0.241 e. The Labute approximate surface area is 124 Å². The number of amides is 2. The first kappa shape index (κ1) is 15.2. The van der Waals surface area contributed by atoms with Gasteiger partial charge < -0.3 is 10.6 Å². The third-order valence-electron chi connectivity index (χ3n) is 3.37. The molecule has 0 aliphatic carbocycles. The van der Waals surface area contributed by atoms with Gasteiger partial charge in [-0.3, -0.25) is 14.6 Å². The van der Waals surface area contributed by atoms with Crippen LogP contribution < -0.4 is 10.6 Å². The average molecular weight is 287 g/mol. The fraction of sp³-hybridized carbons (Fsp3) is 0.438. The van der Waals surface area contributed by atoms with Gasteiger partial charge in [0.05, 0.1) is 0 Å². The van der Waals surface area contributed by atoms with Gasteiger partial charge in [-0.25, -0.2) is 0 Å². The van der Waals surface area contributed by atoms with Gasteiger partial charge in [-0.1, -0.05) is 32.0 Å². The number of carbonyl (C=O) groups excluding carboxylic acids is 2. The highest BCUT2D eigenvalue weighted by Crippen LogP contribution is 2.30. The minimum Gasteiger partial charge on any atom is -0.354 e. The largest absolute Gasteiger partial charge is 0.354 e. The molecule has 2 amide bonds. The van der Waals surface area contributed by atoms with Crippen molar-refractivity contribution in [3.8, 4) is 0 Å². The van der Waals surface area contributed by atoms with Crippen LogP contribution in [0.5, 0.6) is 0 Å². The van der Waals surface area contributed by atoms with Gasteiger partial charge in [0.25, 0.3) is 0 Å². The molecule has 0 fully saturated rings. The van der Waals surface area contributed by atoms with Crippen molar-refractivity contribution in [3.05, 3.63) is 29.8 Å². The van der Waals surface area contributed by atoms with Crippen LogP contribution in [0.2, 0.25) is 0 Å². The number of hydrogen-bond acceptors (Lipinski definition) is 3. The molecule has 1 aliphatic rings. The zero-order valence-electron chi connectivity index (χ0n) is 12.4. The molecule has 0 saturated heterocycles. The van der Waals surface area contributed by atoms with Crippen molar-refractivity contribution >= 4 is 23.7 Å². The molecule has 0 spiro atoms. The van der Waals surface area contributed by atoms with Gasteiger partial charge in [0.15, 0.2) is 0 Å². The molecule has 5 heteroatoms. The highest BCUT2D eigenvalue weighted by Gasteiger charge is 2.28. The van der Waals surface area contributed by atoms with E-state index in [2.05, 4.69) is 29.5 Å². The zero-order valence-corrected chi connectivity index (χ0v) is 12.4. The first-order chi connectivity index (χ1) is 10.1. The van der Waals surface area contributed by atoms with E-state index in [4.69, 9.17) is 0 Å². The molecular formula is C16H21N3O2. The molecule has 1 aliphatic heterocycles. The highest BCUT2D eigenvalue weighted by atomic mass is 16.2. The maximum absolute atomic E-state index is 11.9. The van der Waals surface area contributed by atoms with Crippen LogP contribution in [0.1, 0.15) is 31.7 Å². The van der Waals surface area contributed by atoms with Crippen molar-refractivity contribution in [1.29, 1.82) is 0 Å². The number of carbonyl (C=O) groups is 2. The van der Waals surface area contributed by atoms with E-state index in [1.54, 1.807) is 6.21 Å². The van der Waals surface area contributed by atoms with Gasteiger partial charge in [-0.2, -0.15) is 0 Å². The summed E-state index contributed by atoms with van der Waals surface area (Å²) in [6, 6.07) is 7.52. The summed E-state index contributed by atoms with van der Waals surface area (Å²) in [6.45, 7) is 4.95. The van der Waals surface area contributed by atoms with E-state index >= 15 is 0 Å². The number of aliphatic imine (C=N–C) groups is 1. The smallest absolute Gasteiger partial charge is 0.241 e. The quantitative estimate of drug-likeness (QED) is 0.785. The van der Waals surface area contributed by atoms with Crippen molar-refractivity contribution < 1.29 is 9.59 Å². The van der Waals surface area contributed by atoms with Crippen LogP contribution in [0, 0.1) is 5.92 Å². The second-order valence-corrected chi connectivity index (χ2v) is 5.58. The van der Waals surface area contributed by atoms with E-state index in [1.807, 2.05) is 24.3 Å². The molecule has 1 heterocycles. The van der Waals surface area contributed by atoms with Gasteiger partial charge in [-0.05, 0) is 24.0 Å². The van der Waals surface area contributed by atoms with Crippen LogP contribution in [0.15, 0.2) is 29.3 Å². The molecule has 1 atom stereocenters. The summed E-state index contributed by atoms with van der Waals surface area (Å²) in [6.07, 6.45) is 2.51. The van der Waals surface area contributed by atoms with E-state index in [0.717, 1.165) is 17.7 Å². The Kier molecular flexibility index (Phi) is 5.09. The monoisotopic (exact) mass is 287 g/mol. The lowest BCUT2D eigenvalue weighted by molar-refractivity contribution is -0.119. The fourth-order valence-corrected chi connectivity index (χ4v) is 2.18. The summed E-state index contributed by atoms with van der Waals surface area (Å²) >= 11 is 0. The summed E-state index contributed by atoms with van der Waals surface area (Å²) in [4.78, 5) is 27.6. The van der Waals surface area contributed by atoms with Gasteiger partial charge in [-0.15, -0.1) is 0 Å². The van der Waals surface area contributed by atoms with E-state index in [9.17, 15) is 9.59 Å². The Balaban J connectivity index is 1.85. The molecule has 1 aromatic rings. The Bertz CT molecular complexity index is 552. The number of rotatable bonds is 6. The first-order valence-corrected chi connectivity index (χ1v) is 7.24. The number of para-hydroxylation sites is 1. The third-order valence-corrected chi connectivity index (χ3v) is 3.37. The van der Waals surface area contributed by atoms with Crippen molar-refractivity contribution in [2.75, 3.05) is 18.4 Å². The second kappa shape index (κ2) is 7.02. The van der Waals surface area contributed by atoms with Crippen LogP contribution in [0.3, 0.4) is 0 Å². The SMILES string of the molecule is CC(C)CCNC(=O)CN=CC1C(=O)Nc2ccccc21. The predicted molar refractivity (Wildman–Crippen MR) is 83.6 cm³/mol. The Morgan fingerprint density at radius 2 is 2.19 bits per heavy atom. The highest BCUT2D eigenvalue weighted by molar-refractivity contribution is 6.12. The Hall–Kier alpha value is -2.17. The zero-order chi connectivity index (χ0) is 15.2. The van der Waals surface area contributed by atoms with Crippen LogP contribution in [0.4, 0.5) is 5.69 Å². The lowest BCUT2D eigenvalue weighted by Gasteiger charge is -2.05. The summed E-state index contributed by atoms with van der Waals surface area (Å²) < 4.78 is 0. The molecule has 5 nitrogen and oxygen atoms in total. The number of fused-ring (bicyclic) bond motifs is 1. The van der Waals surface area contributed by atoms with Crippen LogP contribution in [-0.4, -0.2) is 31.1 Å². The van der Waals surface area contributed by atoms with Crippen molar-refractivity contribution in [2.24, 2.45) is 10.9 Å². The van der Waals surface area contributed by atoms with E-state index < -0.39 is 5.92 Å². The van der Waals surface area contributed by atoms with Crippen LogP contribution in [0.25, 0.3) is 0 Å². The fourth-order valence-electron chi connectivity index (χ4n) is 2.18. The molecule has 0 aromatic heterocycles. The third kappa shape index (κ3) is 4.15. The van der Waals surface area contributed by atoms with Crippen molar-refractivity contribution in [2.45, 2.75) is 26.2 Å². The molecule has 21 heavy (non-hydrogen) atoms. The lowest BCUT2D eigenvalue weighted by atomic mass is 10.0. The van der Waals surface area contributed by atoms with Gasteiger partial charge in [0.2, 0.25) is 11.8 Å². The van der Waals surface area contributed by atoms with Crippen molar-refractivity contribution in [3.63, 3.8) is 0 Å². The summed E-state index contributed by atoms with van der Waals surface area (Å²) in [5, 5.41) is 5.62. The number of anilines is 1. The molecule has 0 bridgehead atoms. The number of nitrogens with zero attached hydrogens (tertiary/aromatic N) is 1. The molecule has 2 rings (SSSR count). The van der Waals surface area contributed by atoms with Gasteiger partial charge in [0.1, 0.15) is 12.5 Å². The Morgan fingerprint density at radius 3 is 2.95 bits per heavy atom. The van der Waals surface area contributed by atoms with Gasteiger partial charge in [0, 0.05) is 18.4 Å².